The van der Waals surface area contributed by atoms with Gasteiger partial charge in [0.15, 0.2) is 23.6 Å². The van der Waals surface area contributed by atoms with Gasteiger partial charge < -0.3 is 40.2 Å². The Bertz CT molecular complexity index is 788. The first-order chi connectivity index (χ1) is 10.7. The first kappa shape index (κ1) is 23.4. The van der Waals surface area contributed by atoms with Crippen molar-refractivity contribution < 1.29 is 34.0 Å². The Balaban J connectivity index is 0.00000156. The predicted molar refractivity (Wildman–Crippen MR) is 88.0 cm³/mol. The summed E-state index contributed by atoms with van der Waals surface area (Å²) in [7, 11) is -4.58. The molecule has 2 aromatic rings. The topological polar surface area (TPSA) is 197 Å². The van der Waals surface area contributed by atoms with Crippen molar-refractivity contribution in [3.63, 3.8) is 0 Å². The summed E-state index contributed by atoms with van der Waals surface area (Å²) in [6.45, 7) is -0.343. The van der Waals surface area contributed by atoms with Crippen molar-refractivity contribution in [2.45, 2.75) is 18.0 Å². The summed E-state index contributed by atoms with van der Waals surface area (Å²) in [4.78, 5) is 32.6. The second kappa shape index (κ2) is 8.57. The third-order valence-electron chi connectivity index (χ3n) is 3.29. The first-order valence-corrected chi connectivity index (χ1v) is 8.18. The molecule has 1 aliphatic heterocycles. The van der Waals surface area contributed by atoms with Gasteiger partial charge >= 0.3 is 66.7 Å². The maximum atomic E-state index is 11.1. The van der Waals surface area contributed by atoms with Crippen LogP contribution in [0.4, 0.5) is 5.82 Å². The molecule has 15 heteroatoms. The standard InChI is InChI=1S/C10H14N5O7P.2Na.2H/c11-7-5-8(13-2-12-5)15-9(14-7)10(22-3-23(18,19)20)6(17)4(16)1-21-10;;;;/h2,4,6,16-17H,1,3H2,(H2,18,19,20)(H3,11,12,13,14,15);;;;/t4-,6-,10+;;;;/m1..../s1. The number of hydrogen-bond acceptors (Lipinski definition) is 9. The van der Waals surface area contributed by atoms with E-state index < -0.39 is 31.9 Å². The molecule has 0 radical (unpaired) electrons. The van der Waals surface area contributed by atoms with Crippen LogP contribution in [-0.2, 0) is 19.8 Å². The van der Waals surface area contributed by atoms with E-state index in [1.165, 1.54) is 6.33 Å². The number of H-pyrrole nitrogens is 1. The molecule has 0 spiro atoms. The molecule has 3 atom stereocenters. The molecule has 1 saturated heterocycles. The van der Waals surface area contributed by atoms with E-state index >= 15 is 0 Å². The summed E-state index contributed by atoms with van der Waals surface area (Å²) in [5.41, 5.74) is 6.24. The molecule has 0 saturated carbocycles. The van der Waals surface area contributed by atoms with E-state index in [2.05, 4.69) is 19.9 Å². The number of imidazole rings is 1. The number of aromatic nitrogens is 4. The summed E-state index contributed by atoms with van der Waals surface area (Å²) in [6.07, 6.45) is -2.78. The van der Waals surface area contributed by atoms with Crippen molar-refractivity contribution >= 4 is 83.7 Å². The number of aliphatic hydroxyl groups is 2. The van der Waals surface area contributed by atoms with Crippen LogP contribution in [0.25, 0.3) is 11.2 Å². The minimum absolute atomic E-state index is 0. The number of nitrogens with two attached hydrogens (primary N) is 1. The molecule has 12 nitrogen and oxygen atoms in total. The molecule has 1 aliphatic rings. The van der Waals surface area contributed by atoms with Gasteiger partial charge in [0.25, 0.3) is 5.79 Å². The van der Waals surface area contributed by atoms with Crippen LogP contribution in [0, 0.1) is 0 Å². The van der Waals surface area contributed by atoms with Gasteiger partial charge in [0.2, 0.25) is 0 Å². The summed E-state index contributed by atoms with van der Waals surface area (Å²) in [6, 6.07) is 0. The molecule has 7 N–H and O–H groups in total. The van der Waals surface area contributed by atoms with E-state index in [1.54, 1.807) is 0 Å². The third kappa shape index (κ3) is 4.61. The summed E-state index contributed by atoms with van der Waals surface area (Å²) >= 11 is 0. The number of ether oxygens (including phenoxy) is 2. The van der Waals surface area contributed by atoms with Gasteiger partial charge in [0, 0.05) is 0 Å². The Morgan fingerprint density at radius 1 is 1.40 bits per heavy atom. The normalized spacial score (nSPS) is 26.2. The number of aromatic amines is 1. The molecule has 3 heterocycles. The van der Waals surface area contributed by atoms with Gasteiger partial charge in [-0.1, -0.05) is 0 Å². The molecule has 0 amide bonds. The van der Waals surface area contributed by atoms with Crippen LogP contribution in [-0.4, -0.2) is 124 Å². The van der Waals surface area contributed by atoms with E-state index in [4.69, 9.17) is 25.0 Å². The first-order valence-electron chi connectivity index (χ1n) is 6.38. The van der Waals surface area contributed by atoms with Crippen molar-refractivity contribution in [1.29, 1.82) is 0 Å². The molecule has 1 fully saturated rings. The molecule has 130 valence electrons. The fourth-order valence-electron chi connectivity index (χ4n) is 2.22. The van der Waals surface area contributed by atoms with Gasteiger partial charge in [-0.05, 0) is 0 Å². The molecule has 0 unspecified atom stereocenters. The number of nitrogens with zero attached hydrogens (tertiary/aromatic N) is 3. The Labute approximate surface area is 185 Å². The van der Waals surface area contributed by atoms with Gasteiger partial charge in [0.05, 0.1) is 12.9 Å². The van der Waals surface area contributed by atoms with Crippen LogP contribution in [0.3, 0.4) is 0 Å². The van der Waals surface area contributed by atoms with Gasteiger partial charge in [-0.15, -0.1) is 0 Å². The Morgan fingerprint density at radius 2 is 2.08 bits per heavy atom. The SMILES string of the molecule is Nc1nc([C@]2(OCP(=O)(O)O)OC[C@@H](O)[C@H]2O)nc2nc[nH]c12.[NaH].[NaH]. The van der Waals surface area contributed by atoms with Crippen LogP contribution in [0.15, 0.2) is 6.33 Å². The number of rotatable bonds is 4. The van der Waals surface area contributed by atoms with Crippen LogP contribution in [0.5, 0.6) is 0 Å². The van der Waals surface area contributed by atoms with Crippen molar-refractivity contribution in [3.05, 3.63) is 12.2 Å². The Kier molecular flexibility index (Phi) is 8.01. The van der Waals surface area contributed by atoms with Crippen molar-refractivity contribution in [2.75, 3.05) is 18.7 Å². The number of aliphatic hydroxyl groups excluding tert-OH is 2. The average Bonchev–Trinajstić information content (AvgIpc) is 3.04. The van der Waals surface area contributed by atoms with Crippen LogP contribution in [0.1, 0.15) is 5.82 Å². The van der Waals surface area contributed by atoms with Crippen molar-refractivity contribution in [3.8, 4) is 0 Å². The minimum atomic E-state index is -4.58. The zero-order valence-corrected chi connectivity index (χ0v) is 12.4. The van der Waals surface area contributed by atoms with E-state index in [0.717, 1.165) is 0 Å². The zero-order chi connectivity index (χ0) is 16.8. The maximum absolute atomic E-state index is 11.1. The van der Waals surface area contributed by atoms with Crippen LogP contribution in [0.2, 0.25) is 0 Å². The fraction of sp³-hybridized carbons (Fsp3) is 0.500. The average molecular weight is 395 g/mol. The quantitative estimate of drug-likeness (QED) is 0.224. The molecule has 2 aromatic heterocycles. The van der Waals surface area contributed by atoms with Gasteiger partial charge in [-0.25, -0.2) is 15.0 Å². The van der Waals surface area contributed by atoms with E-state index in [9.17, 15) is 14.8 Å². The number of nitrogen functional groups attached to an aromatic ring is 1. The van der Waals surface area contributed by atoms with E-state index in [-0.39, 0.29) is 83.0 Å². The summed E-state index contributed by atoms with van der Waals surface area (Å²) in [5.74, 6) is -2.49. The molecular formula is C10H16N5Na2O7P. The van der Waals surface area contributed by atoms with Gasteiger partial charge in [-0.2, -0.15) is 0 Å². The Hall–Kier alpha value is 0.340. The number of anilines is 1. The zero-order valence-electron chi connectivity index (χ0n) is 11.5. The molecule has 3 rings (SSSR count). The number of hydrogen-bond donors (Lipinski definition) is 6. The summed E-state index contributed by atoms with van der Waals surface area (Å²) in [5, 5.41) is 19.9. The predicted octanol–water partition coefficient (Wildman–Crippen LogP) is -3.31. The molecule has 0 aliphatic carbocycles. The van der Waals surface area contributed by atoms with E-state index in [1.807, 2.05) is 0 Å². The van der Waals surface area contributed by atoms with Crippen molar-refractivity contribution in [2.24, 2.45) is 0 Å². The second-order valence-electron chi connectivity index (χ2n) is 4.96. The van der Waals surface area contributed by atoms with Crippen LogP contribution < -0.4 is 5.73 Å². The fourth-order valence-corrected chi connectivity index (χ4v) is 2.58. The van der Waals surface area contributed by atoms with E-state index in [0.29, 0.717) is 5.52 Å². The molecular weight excluding hydrogens is 379 g/mol. The Morgan fingerprint density at radius 3 is 2.64 bits per heavy atom. The molecule has 0 aromatic carbocycles. The summed E-state index contributed by atoms with van der Waals surface area (Å²) < 4.78 is 21.4. The van der Waals surface area contributed by atoms with Crippen molar-refractivity contribution in [1.82, 2.24) is 19.9 Å². The monoisotopic (exact) mass is 395 g/mol. The number of nitrogens with one attached hydrogen (secondary N) is 1. The molecule has 25 heavy (non-hydrogen) atoms. The van der Waals surface area contributed by atoms with Gasteiger partial charge in [0.1, 0.15) is 17.7 Å². The molecule has 0 bridgehead atoms. The van der Waals surface area contributed by atoms with Gasteiger partial charge in [-0.3, -0.25) is 4.57 Å². The van der Waals surface area contributed by atoms with Crippen LogP contribution >= 0.6 is 7.60 Å². The third-order valence-corrected chi connectivity index (χ3v) is 3.76. The second-order valence-corrected chi connectivity index (χ2v) is 6.55. The number of fused-ring (bicyclic) bond motifs is 1.